The van der Waals surface area contributed by atoms with Gasteiger partial charge in [-0.25, -0.2) is 4.39 Å². The lowest BCUT2D eigenvalue weighted by Crippen LogP contribution is -2.45. The first-order chi connectivity index (χ1) is 18.9. The van der Waals surface area contributed by atoms with E-state index in [9.17, 15) is 14.0 Å². The molecular formula is C30H39ClFN5O2. The zero-order valence-electron chi connectivity index (χ0n) is 22.7. The lowest BCUT2D eigenvalue weighted by atomic mass is 10.0. The Balaban J connectivity index is 1.12. The number of hydrogen-bond acceptors (Lipinski definition) is 5. The molecule has 0 spiro atoms. The summed E-state index contributed by atoms with van der Waals surface area (Å²) in [4.78, 5) is 34.8. The van der Waals surface area contributed by atoms with Crippen molar-refractivity contribution in [2.75, 3.05) is 72.5 Å². The Morgan fingerprint density at radius 3 is 2.28 bits per heavy atom. The summed E-state index contributed by atoms with van der Waals surface area (Å²) in [6, 6.07) is 14.5. The maximum Gasteiger partial charge on any atom is 0.258 e. The minimum absolute atomic E-state index is 0.0231. The van der Waals surface area contributed by atoms with Crippen LogP contribution < -0.4 is 5.32 Å². The number of piperazine rings is 1. The normalized spacial score (nSPS) is 23.1. The quantitative estimate of drug-likeness (QED) is 0.514. The number of likely N-dealkylation sites (tertiary alicyclic amines) is 2. The maximum absolute atomic E-state index is 14.3. The SMILES string of the molecule is CN1CCN(CCC(=O)N[C@@H](CCN2CC3CN(C(=O)c4c(F)cccc4Cl)CC3C2)c2ccccc2)CC1. The van der Waals surface area contributed by atoms with Crippen molar-refractivity contribution in [2.45, 2.75) is 18.9 Å². The zero-order chi connectivity index (χ0) is 27.4. The van der Waals surface area contributed by atoms with Crippen molar-refractivity contribution in [1.29, 1.82) is 0 Å². The van der Waals surface area contributed by atoms with E-state index >= 15 is 0 Å². The molecule has 0 bridgehead atoms. The molecule has 3 aliphatic rings. The molecule has 5 rings (SSSR count). The van der Waals surface area contributed by atoms with Gasteiger partial charge in [-0.05, 0) is 43.0 Å². The van der Waals surface area contributed by atoms with Gasteiger partial charge >= 0.3 is 0 Å². The summed E-state index contributed by atoms with van der Waals surface area (Å²) >= 11 is 6.14. The molecule has 3 aliphatic heterocycles. The van der Waals surface area contributed by atoms with Gasteiger partial charge in [-0.3, -0.25) is 9.59 Å². The van der Waals surface area contributed by atoms with Gasteiger partial charge in [-0.15, -0.1) is 0 Å². The van der Waals surface area contributed by atoms with Crippen LogP contribution in [0.2, 0.25) is 5.02 Å². The molecule has 2 unspecified atom stereocenters. The van der Waals surface area contributed by atoms with Crippen LogP contribution in [-0.4, -0.2) is 104 Å². The first-order valence-electron chi connectivity index (χ1n) is 14.1. The van der Waals surface area contributed by atoms with Crippen molar-refractivity contribution in [1.82, 2.24) is 24.9 Å². The van der Waals surface area contributed by atoms with Crippen LogP contribution in [-0.2, 0) is 4.79 Å². The minimum Gasteiger partial charge on any atom is -0.349 e. The van der Waals surface area contributed by atoms with E-state index in [4.69, 9.17) is 11.6 Å². The summed E-state index contributed by atoms with van der Waals surface area (Å²) < 4.78 is 14.3. The van der Waals surface area contributed by atoms with Gasteiger partial charge in [0.05, 0.1) is 16.6 Å². The largest absolute Gasteiger partial charge is 0.349 e. The molecule has 2 aromatic rings. The van der Waals surface area contributed by atoms with Crippen LogP contribution in [0.1, 0.15) is 34.8 Å². The number of nitrogens with one attached hydrogen (secondary N) is 1. The Morgan fingerprint density at radius 1 is 0.923 bits per heavy atom. The van der Waals surface area contributed by atoms with Crippen LogP contribution in [0.4, 0.5) is 4.39 Å². The molecule has 2 amide bonds. The average molecular weight is 556 g/mol. The average Bonchev–Trinajstić information content (AvgIpc) is 3.50. The molecule has 0 saturated carbocycles. The number of carbonyl (C=O) groups excluding carboxylic acids is 2. The summed E-state index contributed by atoms with van der Waals surface area (Å²) in [5.41, 5.74) is 1.11. The third-order valence-electron chi connectivity index (χ3n) is 8.55. The van der Waals surface area contributed by atoms with Crippen molar-refractivity contribution in [3.63, 3.8) is 0 Å². The Labute approximate surface area is 235 Å². The number of carbonyl (C=O) groups is 2. The van der Waals surface area contributed by atoms with Crippen LogP contribution in [0.15, 0.2) is 48.5 Å². The van der Waals surface area contributed by atoms with Crippen LogP contribution in [0.25, 0.3) is 0 Å². The van der Waals surface area contributed by atoms with Gasteiger partial charge in [0, 0.05) is 71.9 Å². The molecule has 39 heavy (non-hydrogen) atoms. The molecule has 3 saturated heterocycles. The molecular weight excluding hydrogens is 517 g/mol. The van der Waals surface area contributed by atoms with E-state index in [1.807, 2.05) is 18.2 Å². The van der Waals surface area contributed by atoms with Gasteiger partial charge in [0.25, 0.3) is 5.91 Å². The zero-order valence-corrected chi connectivity index (χ0v) is 23.5. The van der Waals surface area contributed by atoms with E-state index in [1.54, 1.807) is 11.0 Å². The molecule has 7 nitrogen and oxygen atoms in total. The van der Waals surface area contributed by atoms with Gasteiger partial charge in [0.1, 0.15) is 5.82 Å². The van der Waals surface area contributed by atoms with E-state index in [2.05, 4.69) is 39.2 Å². The molecule has 9 heteroatoms. The lowest BCUT2D eigenvalue weighted by molar-refractivity contribution is -0.122. The molecule has 3 atom stereocenters. The fourth-order valence-corrected chi connectivity index (χ4v) is 6.46. The van der Waals surface area contributed by atoms with Gasteiger partial charge in [0.2, 0.25) is 5.91 Å². The predicted octanol–water partition coefficient (Wildman–Crippen LogP) is 3.37. The molecule has 0 radical (unpaired) electrons. The number of fused-ring (bicyclic) bond motifs is 1. The Hall–Kier alpha value is -2.52. The van der Waals surface area contributed by atoms with Crippen LogP contribution in [0.3, 0.4) is 0 Å². The maximum atomic E-state index is 14.3. The lowest BCUT2D eigenvalue weighted by Gasteiger charge is -2.32. The first-order valence-corrected chi connectivity index (χ1v) is 14.5. The topological polar surface area (TPSA) is 59.1 Å². The highest BCUT2D eigenvalue weighted by atomic mass is 35.5. The number of rotatable bonds is 9. The number of amides is 2. The van der Waals surface area contributed by atoms with Crippen molar-refractivity contribution in [3.8, 4) is 0 Å². The van der Waals surface area contributed by atoms with E-state index < -0.39 is 5.82 Å². The second-order valence-electron chi connectivity index (χ2n) is 11.3. The molecule has 2 aromatic carbocycles. The molecule has 3 fully saturated rings. The highest BCUT2D eigenvalue weighted by molar-refractivity contribution is 6.33. The number of nitrogens with zero attached hydrogens (tertiary/aromatic N) is 4. The predicted molar refractivity (Wildman–Crippen MR) is 151 cm³/mol. The van der Waals surface area contributed by atoms with Crippen molar-refractivity contribution < 1.29 is 14.0 Å². The van der Waals surface area contributed by atoms with E-state index in [1.165, 1.54) is 12.1 Å². The van der Waals surface area contributed by atoms with E-state index in [0.717, 1.165) is 64.3 Å². The monoisotopic (exact) mass is 555 g/mol. The van der Waals surface area contributed by atoms with Crippen molar-refractivity contribution in [2.24, 2.45) is 11.8 Å². The van der Waals surface area contributed by atoms with Crippen molar-refractivity contribution in [3.05, 3.63) is 70.5 Å². The molecule has 3 heterocycles. The minimum atomic E-state index is -0.566. The van der Waals surface area contributed by atoms with Gasteiger partial charge in [-0.1, -0.05) is 48.0 Å². The Bertz CT molecular complexity index is 1110. The van der Waals surface area contributed by atoms with Crippen LogP contribution in [0.5, 0.6) is 0 Å². The third-order valence-corrected chi connectivity index (χ3v) is 8.86. The van der Waals surface area contributed by atoms with Crippen LogP contribution >= 0.6 is 11.6 Å². The number of hydrogen-bond donors (Lipinski definition) is 1. The third kappa shape index (κ3) is 6.98. The number of benzene rings is 2. The van der Waals surface area contributed by atoms with Gasteiger partial charge < -0.3 is 24.9 Å². The Kier molecular flexibility index (Phi) is 9.17. The summed E-state index contributed by atoms with van der Waals surface area (Å²) in [5, 5.41) is 3.47. The summed E-state index contributed by atoms with van der Waals surface area (Å²) in [6.07, 6.45) is 1.34. The molecule has 0 aliphatic carbocycles. The second kappa shape index (κ2) is 12.8. The second-order valence-corrected chi connectivity index (χ2v) is 11.7. The Morgan fingerprint density at radius 2 is 1.62 bits per heavy atom. The highest BCUT2D eigenvalue weighted by Crippen LogP contribution is 2.33. The smallest absolute Gasteiger partial charge is 0.258 e. The highest BCUT2D eigenvalue weighted by Gasteiger charge is 2.42. The van der Waals surface area contributed by atoms with Crippen molar-refractivity contribution >= 4 is 23.4 Å². The summed E-state index contributed by atoms with van der Waals surface area (Å²) in [7, 11) is 2.14. The molecule has 1 N–H and O–H groups in total. The number of halogens is 2. The fourth-order valence-electron chi connectivity index (χ4n) is 6.22. The van der Waals surface area contributed by atoms with Gasteiger partial charge in [0.15, 0.2) is 0 Å². The first kappa shape index (κ1) is 28.0. The molecule has 210 valence electrons. The standard InChI is InChI=1S/C30H39ClFN5O2/c1-34-14-16-35(17-15-34)13-11-28(38)33-27(22-6-3-2-4-7-22)10-12-36-18-23-20-37(21-24(23)19-36)30(39)29-25(31)8-5-9-26(29)32/h2-9,23-24,27H,10-21H2,1H3,(H,33,38)/t23?,24?,27-/m0/s1. The van der Waals surface area contributed by atoms with E-state index in [0.29, 0.717) is 31.3 Å². The van der Waals surface area contributed by atoms with E-state index in [-0.39, 0.29) is 28.4 Å². The van der Waals surface area contributed by atoms with Crippen LogP contribution in [0, 0.1) is 17.7 Å². The van der Waals surface area contributed by atoms with Gasteiger partial charge in [-0.2, -0.15) is 0 Å². The fraction of sp³-hybridized carbons (Fsp3) is 0.533. The molecule has 0 aromatic heterocycles. The number of likely N-dealkylation sites (N-methyl/N-ethyl adjacent to an activating group) is 1. The summed E-state index contributed by atoms with van der Waals surface area (Å²) in [5.74, 6) is -0.0473. The summed E-state index contributed by atoms with van der Waals surface area (Å²) in [6.45, 7) is 8.84.